The molecule has 0 amide bonds. The molecule has 0 aliphatic rings. The first kappa shape index (κ1) is 13.8. The van der Waals surface area contributed by atoms with Crippen LogP contribution in [0.3, 0.4) is 0 Å². The van der Waals surface area contributed by atoms with E-state index in [1.165, 1.54) is 22.3 Å². The Balaban J connectivity index is 2.24. The van der Waals surface area contributed by atoms with E-state index in [0.717, 1.165) is 13.0 Å². The SMILES string of the molecule is CNCC(Cc1ccccc1C)c1cccc(C)c1. The van der Waals surface area contributed by atoms with E-state index in [1.54, 1.807) is 0 Å². The van der Waals surface area contributed by atoms with Crippen molar-refractivity contribution in [2.24, 2.45) is 0 Å². The number of likely N-dealkylation sites (N-methyl/N-ethyl adjacent to an activating group) is 1. The van der Waals surface area contributed by atoms with Gasteiger partial charge in [0.2, 0.25) is 0 Å². The van der Waals surface area contributed by atoms with Gasteiger partial charge in [0.15, 0.2) is 0 Å². The zero-order valence-corrected chi connectivity index (χ0v) is 12.1. The van der Waals surface area contributed by atoms with Crippen molar-refractivity contribution in [3.05, 3.63) is 70.8 Å². The molecule has 0 aliphatic carbocycles. The molecule has 1 N–H and O–H groups in total. The number of hydrogen-bond acceptors (Lipinski definition) is 1. The zero-order chi connectivity index (χ0) is 13.7. The van der Waals surface area contributed by atoms with Crippen molar-refractivity contribution >= 4 is 0 Å². The first-order valence-electron chi connectivity index (χ1n) is 6.96. The van der Waals surface area contributed by atoms with Crippen LogP contribution in [0.25, 0.3) is 0 Å². The van der Waals surface area contributed by atoms with Crippen LogP contribution in [0.15, 0.2) is 48.5 Å². The highest BCUT2D eigenvalue weighted by atomic mass is 14.8. The Bertz CT molecular complexity index is 531. The highest BCUT2D eigenvalue weighted by molar-refractivity contribution is 5.31. The first-order chi connectivity index (χ1) is 9.20. The fourth-order valence-corrected chi connectivity index (χ4v) is 2.58. The second-order valence-electron chi connectivity index (χ2n) is 5.30. The van der Waals surface area contributed by atoms with Crippen LogP contribution in [0.2, 0.25) is 0 Å². The van der Waals surface area contributed by atoms with Crippen LogP contribution in [-0.2, 0) is 6.42 Å². The summed E-state index contributed by atoms with van der Waals surface area (Å²) in [7, 11) is 2.03. The van der Waals surface area contributed by atoms with Crippen molar-refractivity contribution in [1.29, 1.82) is 0 Å². The van der Waals surface area contributed by atoms with Gasteiger partial charge in [-0.05, 0) is 44.0 Å². The molecule has 1 heteroatoms. The summed E-state index contributed by atoms with van der Waals surface area (Å²) < 4.78 is 0. The quantitative estimate of drug-likeness (QED) is 0.853. The molecule has 0 aromatic heterocycles. The molecule has 2 aromatic carbocycles. The van der Waals surface area contributed by atoms with Gasteiger partial charge in [-0.2, -0.15) is 0 Å². The van der Waals surface area contributed by atoms with Gasteiger partial charge in [-0.1, -0.05) is 54.1 Å². The molecular formula is C18H23N. The minimum atomic E-state index is 0.533. The molecular weight excluding hydrogens is 230 g/mol. The lowest BCUT2D eigenvalue weighted by Gasteiger charge is -2.19. The van der Waals surface area contributed by atoms with Crippen LogP contribution in [0, 0.1) is 13.8 Å². The average molecular weight is 253 g/mol. The third-order valence-corrected chi connectivity index (χ3v) is 3.69. The first-order valence-corrected chi connectivity index (χ1v) is 6.96. The Labute approximate surface area is 116 Å². The second kappa shape index (κ2) is 6.53. The van der Waals surface area contributed by atoms with Crippen molar-refractivity contribution in [2.45, 2.75) is 26.2 Å². The van der Waals surface area contributed by atoms with Gasteiger partial charge >= 0.3 is 0 Å². The lowest BCUT2D eigenvalue weighted by Crippen LogP contribution is -2.19. The lowest BCUT2D eigenvalue weighted by atomic mass is 9.89. The maximum Gasteiger partial charge on any atom is 0.00203 e. The van der Waals surface area contributed by atoms with Crippen LogP contribution >= 0.6 is 0 Å². The Morgan fingerprint density at radius 2 is 1.79 bits per heavy atom. The van der Waals surface area contributed by atoms with E-state index >= 15 is 0 Å². The fourth-order valence-electron chi connectivity index (χ4n) is 2.58. The number of hydrogen-bond donors (Lipinski definition) is 1. The zero-order valence-electron chi connectivity index (χ0n) is 12.1. The van der Waals surface area contributed by atoms with E-state index < -0.39 is 0 Å². The summed E-state index contributed by atoms with van der Waals surface area (Å²) >= 11 is 0. The second-order valence-corrected chi connectivity index (χ2v) is 5.30. The molecule has 0 radical (unpaired) electrons. The van der Waals surface area contributed by atoms with Crippen LogP contribution in [0.1, 0.15) is 28.2 Å². The predicted molar refractivity (Wildman–Crippen MR) is 82.7 cm³/mol. The van der Waals surface area contributed by atoms with Gasteiger partial charge in [0.1, 0.15) is 0 Å². The molecule has 0 saturated heterocycles. The smallest absolute Gasteiger partial charge is 0.00203 e. The van der Waals surface area contributed by atoms with Gasteiger partial charge in [-0.25, -0.2) is 0 Å². The van der Waals surface area contributed by atoms with Crippen LogP contribution in [-0.4, -0.2) is 13.6 Å². The van der Waals surface area contributed by atoms with Crippen molar-refractivity contribution in [3.8, 4) is 0 Å². The van der Waals surface area contributed by atoms with Gasteiger partial charge < -0.3 is 5.32 Å². The summed E-state index contributed by atoms with van der Waals surface area (Å²) in [6.07, 6.45) is 1.09. The normalized spacial score (nSPS) is 12.4. The monoisotopic (exact) mass is 253 g/mol. The molecule has 2 aromatic rings. The van der Waals surface area contributed by atoms with E-state index in [0.29, 0.717) is 5.92 Å². The van der Waals surface area contributed by atoms with Crippen molar-refractivity contribution in [1.82, 2.24) is 5.32 Å². The molecule has 1 atom stereocenters. The van der Waals surface area contributed by atoms with Crippen molar-refractivity contribution < 1.29 is 0 Å². The van der Waals surface area contributed by atoms with Crippen molar-refractivity contribution in [3.63, 3.8) is 0 Å². The molecule has 100 valence electrons. The Morgan fingerprint density at radius 1 is 1.00 bits per heavy atom. The molecule has 0 fully saturated rings. The Kier molecular flexibility index (Phi) is 4.75. The summed E-state index contributed by atoms with van der Waals surface area (Å²) in [5.74, 6) is 0.533. The summed E-state index contributed by atoms with van der Waals surface area (Å²) in [6.45, 7) is 5.37. The Hall–Kier alpha value is -1.60. The highest BCUT2D eigenvalue weighted by Crippen LogP contribution is 2.23. The maximum absolute atomic E-state index is 3.33. The fraction of sp³-hybridized carbons (Fsp3) is 0.333. The van der Waals surface area contributed by atoms with E-state index in [1.807, 2.05) is 7.05 Å². The highest BCUT2D eigenvalue weighted by Gasteiger charge is 2.12. The molecule has 0 bridgehead atoms. The summed E-state index contributed by atoms with van der Waals surface area (Å²) in [4.78, 5) is 0. The van der Waals surface area contributed by atoms with Crippen molar-refractivity contribution in [2.75, 3.05) is 13.6 Å². The average Bonchev–Trinajstić information content (AvgIpc) is 2.40. The molecule has 0 spiro atoms. The predicted octanol–water partition coefficient (Wildman–Crippen LogP) is 3.85. The number of benzene rings is 2. The summed E-state index contributed by atoms with van der Waals surface area (Å²) in [5.41, 5.74) is 5.60. The molecule has 1 unspecified atom stereocenters. The molecule has 2 rings (SSSR count). The van der Waals surface area contributed by atoms with Crippen LogP contribution in [0.4, 0.5) is 0 Å². The molecule has 19 heavy (non-hydrogen) atoms. The minimum absolute atomic E-state index is 0.533. The van der Waals surface area contributed by atoms with E-state index in [4.69, 9.17) is 0 Å². The van der Waals surface area contributed by atoms with E-state index in [2.05, 4.69) is 67.7 Å². The van der Waals surface area contributed by atoms with Gasteiger partial charge in [0, 0.05) is 12.5 Å². The summed E-state index contributed by atoms with van der Waals surface area (Å²) in [5, 5.41) is 3.33. The number of aryl methyl sites for hydroxylation is 2. The number of rotatable bonds is 5. The van der Waals surface area contributed by atoms with E-state index in [9.17, 15) is 0 Å². The topological polar surface area (TPSA) is 12.0 Å². The van der Waals surface area contributed by atoms with Gasteiger partial charge in [-0.15, -0.1) is 0 Å². The molecule has 0 saturated carbocycles. The summed E-state index contributed by atoms with van der Waals surface area (Å²) in [6, 6.07) is 17.6. The molecule has 1 nitrogen and oxygen atoms in total. The van der Waals surface area contributed by atoms with Crippen LogP contribution < -0.4 is 5.32 Å². The Morgan fingerprint density at radius 3 is 2.47 bits per heavy atom. The maximum atomic E-state index is 3.33. The van der Waals surface area contributed by atoms with Gasteiger partial charge in [0.25, 0.3) is 0 Å². The molecule has 0 heterocycles. The largest absolute Gasteiger partial charge is 0.319 e. The minimum Gasteiger partial charge on any atom is -0.319 e. The third kappa shape index (κ3) is 3.68. The van der Waals surface area contributed by atoms with E-state index in [-0.39, 0.29) is 0 Å². The van der Waals surface area contributed by atoms with Crippen LogP contribution in [0.5, 0.6) is 0 Å². The van der Waals surface area contributed by atoms with Gasteiger partial charge in [-0.3, -0.25) is 0 Å². The lowest BCUT2D eigenvalue weighted by molar-refractivity contribution is 0.624. The number of nitrogens with one attached hydrogen (secondary N) is 1. The van der Waals surface area contributed by atoms with Gasteiger partial charge in [0.05, 0.1) is 0 Å². The third-order valence-electron chi connectivity index (χ3n) is 3.69. The standard InChI is InChI=1S/C18H23N/c1-14-7-6-10-17(11-14)18(13-19-3)12-16-9-5-4-8-15(16)2/h4-11,18-19H,12-13H2,1-3H3. The molecule has 0 aliphatic heterocycles.